The normalized spacial score (nSPS) is 16.6. The highest BCUT2D eigenvalue weighted by atomic mass is 32.2. The minimum Gasteiger partial charge on any atom is -0.376 e. The zero-order chi connectivity index (χ0) is 18.2. The third-order valence-corrected chi connectivity index (χ3v) is 5.90. The molecule has 2 aromatic rings. The SMILES string of the molecule is O=C(CSc1nnc(NCC2CCCO2)s1)NCCc1ccc(F)cc1. The second kappa shape index (κ2) is 9.84. The number of nitrogens with zero attached hydrogens (tertiary/aromatic N) is 2. The van der Waals surface area contributed by atoms with Gasteiger partial charge in [-0.15, -0.1) is 10.2 Å². The molecule has 1 atom stereocenters. The van der Waals surface area contributed by atoms with Crippen molar-refractivity contribution >= 4 is 34.1 Å². The zero-order valence-electron chi connectivity index (χ0n) is 14.2. The van der Waals surface area contributed by atoms with Gasteiger partial charge in [0, 0.05) is 19.7 Å². The van der Waals surface area contributed by atoms with E-state index in [0.29, 0.717) is 18.7 Å². The van der Waals surface area contributed by atoms with Crippen LogP contribution < -0.4 is 10.6 Å². The van der Waals surface area contributed by atoms with Crippen LogP contribution in [0.25, 0.3) is 0 Å². The number of carbonyl (C=O) groups is 1. The monoisotopic (exact) mass is 396 g/mol. The maximum atomic E-state index is 12.8. The number of hydrogen-bond acceptors (Lipinski definition) is 7. The Hall–Kier alpha value is -1.71. The molecule has 1 aliphatic heterocycles. The first-order valence-electron chi connectivity index (χ1n) is 8.52. The van der Waals surface area contributed by atoms with E-state index in [1.807, 2.05) is 0 Å². The molecular weight excluding hydrogens is 375 g/mol. The summed E-state index contributed by atoms with van der Waals surface area (Å²) in [6.45, 7) is 2.10. The van der Waals surface area contributed by atoms with Crippen molar-refractivity contribution in [3.63, 3.8) is 0 Å². The number of thioether (sulfide) groups is 1. The number of carbonyl (C=O) groups excluding carboxylic acids is 1. The number of aromatic nitrogens is 2. The van der Waals surface area contributed by atoms with Crippen molar-refractivity contribution in [3.05, 3.63) is 35.6 Å². The number of hydrogen-bond donors (Lipinski definition) is 2. The van der Waals surface area contributed by atoms with Crippen molar-refractivity contribution in [1.29, 1.82) is 0 Å². The van der Waals surface area contributed by atoms with E-state index in [1.54, 1.807) is 12.1 Å². The van der Waals surface area contributed by atoms with E-state index in [1.165, 1.54) is 35.2 Å². The Morgan fingerprint density at radius 1 is 1.35 bits per heavy atom. The number of amides is 1. The van der Waals surface area contributed by atoms with Crippen molar-refractivity contribution in [2.45, 2.75) is 29.7 Å². The Balaban J connectivity index is 1.31. The van der Waals surface area contributed by atoms with Gasteiger partial charge in [-0.1, -0.05) is 35.2 Å². The van der Waals surface area contributed by atoms with Crippen LogP contribution in [0.2, 0.25) is 0 Å². The highest BCUT2D eigenvalue weighted by Gasteiger charge is 2.16. The summed E-state index contributed by atoms with van der Waals surface area (Å²) >= 11 is 2.81. The molecular formula is C17H21FN4O2S2. The molecule has 0 aliphatic carbocycles. The predicted molar refractivity (Wildman–Crippen MR) is 101 cm³/mol. The lowest BCUT2D eigenvalue weighted by Crippen LogP contribution is -2.27. The van der Waals surface area contributed by atoms with Gasteiger partial charge in [0.1, 0.15) is 5.82 Å². The Labute approximate surface area is 159 Å². The topological polar surface area (TPSA) is 76.1 Å². The number of rotatable bonds is 9. The molecule has 1 fully saturated rings. The third-order valence-electron chi connectivity index (χ3n) is 3.89. The smallest absolute Gasteiger partial charge is 0.230 e. The molecule has 6 nitrogen and oxygen atoms in total. The van der Waals surface area contributed by atoms with E-state index in [4.69, 9.17) is 4.74 Å². The van der Waals surface area contributed by atoms with Gasteiger partial charge in [-0.3, -0.25) is 4.79 Å². The number of benzene rings is 1. The number of anilines is 1. The van der Waals surface area contributed by atoms with Crippen molar-refractivity contribution in [1.82, 2.24) is 15.5 Å². The van der Waals surface area contributed by atoms with Gasteiger partial charge in [-0.2, -0.15) is 0 Å². The Bertz CT molecular complexity index is 705. The van der Waals surface area contributed by atoms with Crippen LogP contribution in [0.15, 0.2) is 28.6 Å². The number of ether oxygens (including phenoxy) is 1. The van der Waals surface area contributed by atoms with Crippen molar-refractivity contribution in [3.8, 4) is 0 Å². The lowest BCUT2D eigenvalue weighted by molar-refractivity contribution is -0.118. The lowest BCUT2D eigenvalue weighted by atomic mass is 10.1. The lowest BCUT2D eigenvalue weighted by Gasteiger charge is -2.08. The van der Waals surface area contributed by atoms with Crippen LogP contribution in [0.3, 0.4) is 0 Å². The van der Waals surface area contributed by atoms with E-state index < -0.39 is 0 Å². The molecule has 0 bridgehead atoms. The molecule has 1 aliphatic rings. The molecule has 0 saturated carbocycles. The Morgan fingerprint density at radius 3 is 2.96 bits per heavy atom. The molecule has 1 unspecified atom stereocenters. The summed E-state index contributed by atoms with van der Waals surface area (Å²) in [4.78, 5) is 11.9. The van der Waals surface area contributed by atoms with Gasteiger partial charge in [-0.05, 0) is 37.0 Å². The third kappa shape index (κ3) is 6.22. The predicted octanol–water partition coefficient (Wildman–Crippen LogP) is 2.72. The van der Waals surface area contributed by atoms with Gasteiger partial charge in [-0.25, -0.2) is 4.39 Å². The van der Waals surface area contributed by atoms with Crippen LogP contribution in [0.1, 0.15) is 18.4 Å². The van der Waals surface area contributed by atoms with Gasteiger partial charge < -0.3 is 15.4 Å². The fourth-order valence-corrected chi connectivity index (χ4v) is 4.11. The van der Waals surface area contributed by atoms with E-state index in [-0.39, 0.29) is 17.8 Å². The largest absolute Gasteiger partial charge is 0.376 e. The van der Waals surface area contributed by atoms with E-state index in [9.17, 15) is 9.18 Å². The van der Waals surface area contributed by atoms with Crippen LogP contribution in [0.5, 0.6) is 0 Å². The minimum atomic E-state index is -0.254. The minimum absolute atomic E-state index is 0.0545. The summed E-state index contributed by atoms with van der Waals surface area (Å²) < 4.78 is 19.1. The maximum absolute atomic E-state index is 12.8. The fraction of sp³-hybridized carbons (Fsp3) is 0.471. The van der Waals surface area contributed by atoms with E-state index in [0.717, 1.165) is 41.0 Å². The first-order valence-corrected chi connectivity index (χ1v) is 10.3. The molecule has 1 aromatic carbocycles. The molecule has 2 N–H and O–H groups in total. The zero-order valence-corrected chi connectivity index (χ0v) is 15.9. The summed E-state index contributed by atoms with van der Waals surface area (Å²) in [6, 6.07) is 6.30. The molecule has 26 heavy (non-hydrogen) atoms. The summed E-state index contributed by atoms with van der Waals surface area (Å²) in [5.74, 6) is -0.0129. The van der Waals surface area contributed by atoms with Crippen molar-refractivity contribution in [2.75, 3.05) is 30.8 Å². The highest BCUT2D eigenvalue weighted by molar-refractivity contribution is 8.01. The van der Waals surface area contributed by atoms with Gasteiger partial charge >= 0.3 is 0 Å². The van der Waals surface area contributed by atoms with Gasteiger partial charge in [0.15, 0.2) is 4.34 Å². The van der Waals surface area contributed by atoms with Crippen molar-refractivity contribution < 1.29 is 13.9 Å². The number of nitrogens with one attached hydrogen (secondary N) is 2. The molecule has 3 rings (SSSR count). The summed E-state index contributed by atoms with van der Waals surface area (Å²) in [5, 5.41) is 15.0. The Kier molecular flexibility index (Phi) is 7.22. The van der Waals surface area contributed by atoms with Crippen LogP contribution in [-0.2, 0) is 16.0 Å². The molecule has 140 valence electrons. The summed E-state index contributed by atoms with van der Waals surface area (Å²) in [5.41, 5.74) is 0.991. The van der Waals surface area contributed by atoms with Crippen LogP contribution in [-0.4, -0.2) is 47.7 Å². The van der Waals surface area contributed by atoms with Crippen LogP contribution in [0.4, 0.5) is 9.52 Å². The average molecular weight is 397 g/mol. The second-order valence-corrected chi connectivity index (χ2v) is 8.10. The molecule has 1 amide bonds. The second-order valence-electron chi connectivity index (χ2n) is 5.90. The molecule has 9 heteroatoms. The molecule has 0 spiro atoms. The maximum Gasteiger partial charge on any atom is 0.230 e. The van der Waals surface area contributed by atoms with Gasteiger partial charge in [0.05, 0.1) is 11.9 Å². The highest BCUT2D eigenvalue weighted by Crippen LogP contribution is 2.25. The Morgan fingerprint density at radius 2 is 2.19 bits per heavy atom. The first-order chi connectivity index (χ1) is 12.7. The summed E-state index contributed by atoms with van der Waals surface area (Å²) in [6.07, 6.45) is 3.11. The van der Waals surface area contributed by atoms with E-state index in [2.05, 4.69) is 20.8 Å². The fourth-order valence-electron chi connectivity index (χ4n) is 2.52. The molecule has 2 heterocycles. The first kappa shape index (κ1) is 19.1. The standard InChI is InChI=1S/C17H21FN4O2S2/c18-13-5-3-12(4-6-13)7-8-19-15(23)11-25-17-22-21-16(26-17)20-10-14-2-1-9-24-14/h3-6,14H,1-2,7-11H2,(H,19,23)(H,20,21). The van der Waals surface area contributed by atoms with Crippen LogP contribution >= 0.6 is 23.1 Å². The quantitative estimate of drug-likeness (QED) is 0.635. The average Bonchev–Trinajstić information content (AvgIpc) is 3.31. The summed E-state index contributed by atoms with van der Waals surface area (Å²) in [7, 11) is 0. The molecule has 1 saturated heterocycles. The van der Waals surface area contributed by atoms with Gasteiger partial charge in [0.2, 0.25) is 11.0 Å². The van der Waals surface area contributed by atoms with Crippen LogP contribution in [0, 0.1) is 5.82 Å². The van der Waals surface area contributed by atoms with Crippen molar-refractivity contribution in [2.24, 2.45) is 0 Å². The molecule has 0 radical (unpaired) electrons. The number of halogens is 1. The van der Waals surface area contributed by atoms with E-state index >= 15 is 0 Å². The van der Waals surface area contributed by atoms with Gasteiger partial charge in [0.25, 0.3) is 0 Å². The molecule has 1 aromatic heterocycles.